The van der Waals surface area contributed by atoms with E-state index in [-0.39, 0.29) is 30.0 Å². The first kappa shape index (κ1) is 25.3. The highest BCUT2D eigenvalue weighted by Crippen LogP contribution is 2.33. The van der Waals surface area contributed by atoms with Gasteiger partial charge in [-0.15, -0.1) is 0 Å². The van der Waals surface area contributed by atoms with Crippen LogP contribution in [0.1, 0.15) is 46.5 Å². The summed E-state index contributed by atoms with van der Waals surface area (Å²) in [5, 5.41) is 3.21. The van der Waals surface area contributed by atoms with Crippen LogP contribution in [0.4, 0.5) is 11.5 Å². The third-order valence-corrected chi connectivity index (χ3v) is 6.33. The number of aliphatic imine (C=N–C) groups is 2. The molecule has 2 aliphatic rings. The van der Waals surface area contributed by atoms with E-state index in [0.29, 0.717) is 29.3 Å². The van der Waals surface area contributed by atoms with Crippen molar-refractivity contribution in [2.75, 3.05) is 36.5 Å². The monoisotopic (exact) mass is 465 g/mol. The molecule has 1 aliphatic heterocycles. The number of likely N-dealkylation sites (N-methyl/N-ethyl adjacent to an activating group) is 1. The van der Waals surface area contributed by atoms with E-state index in [4.69, 9.17) is 10.7 Å². The largest absolute Gasteiger partial charge is 0.369 e. The number of amidine groups is 1. The number of hydrogen-bond acceptors (Lipinski definition) is 8. The van der Waals surface area contributed by atoms with Crippen LogP contribution in [0.3, 0.4) is 0 Å². The van der Waals surface area contributed by atoms with E-state index in [0.717, 1.165) is 44.5 Å². The van der Waals surface area contributed by atoms with Gasteiger partial charge in [-0.2, -0.15) is 0 Å². The first-order valence-corrected chi connectivity index (χ1v) is 11.8. The molecule has 3 rings (SSSR count). The Hall–Kier alpha value is -3.33. The van der Waals surface area contributed by atoms with Crippen molar-refractivity contribution in [1.29, 1.82) is 0 Å². The van der Waals surface area contributed by atoms with Gasteiger partial charge in [-0.3, -0.25) is 19.5 Å². The third-order valence-electron chi connectivity index (χ3n) is 6.33. The molecule has 9 nitrogen and oxygen atoms in total. The normalized spacial score (nSPS) is 19.3. The van der Waals surface area contributed by atoms with Crippen molar-refractivity contribution < 1.29 is 9.59 Å². The topological polar surface area (TPSA) is 116 Å². The molecule has 0 saturated heterocycles. The summed E-state index contributed by atoms with van der Waals surface area (Å²) in [6.07, 6.45) is 7.25. The zero-order valence-corrected chi connectivity index (χ0v) is 20.4. The SMILES string of the molecule is C=N/C=C1/C(C)=C(C(C)=O)C(=O)N(C2CCCC2)/C1=N/CNc1ccc(N(CC)CCN)cn1. The van der Waals surface area contributed by atoms with Crippen molar-refractivity contribution in [1.82, 2.24) is 9.88 Å². The van der Waals surface area contributed by atoms with Crippen molar-refractivity contribution in [3.8, 4) is 0 Å². The van der Waals surface area contributed by atoms with Gasteiger partial charge in [0.1, 0.15) is 18.3 Å². The van der Waals surface area contributed by atoms with Crippen LogP contribution in [0.25, 0.3) is 0 Å². The Balaban J connectivity index is 1.88. The fraction of sp³-hybridized carbons (Fsp3) is 0.480. The van der Waals surface area contributed by atoms with E-state index >= 15 is 0 Å². The minimum Gasteiger partial charge on any atom is -0.369 e. The Morgan fingerprint density at radius 1 is 1.38 bits per heavy atom. The van der Waals surface area contributed by atoms with Gasteiger partial charge in [0.25, 0.3) is 5.91 Å². The lowest BCUT2D eigenvalue weighted by Crippen LogP contribution is -2.49. The number of ketones is 1. The Morgan fingerprint density at radius 2 is 2.12 bits per heavy atom. The molecule has 34 heavy (non-hydrogen) atoms. The highest BCUT2D eigenvalue weighted by Gasteiger charge is 2.40. The first-order chi connectivity index (χ1) is 16.4. The van der Waals surface area contributed by atoms with Crippen LogP contribution < -0.4 is 16.0 Å². The predicted molar refractivity (Wildman–Crippen MR) is 137 cm³/mol. The van der Waals surface area contributed by atoms with Crippen LogP contribution in [-0.2, 0) is 9.59 Å². The zero-order valence-electron chi connectivity index (χ0n) is 20.4. The maximum Gasteiger partial charge on any atom is 0.263 e. The van der Waals surface area contributed by atoms with E-state index in [1.54, 1.807) is 18.0 Å². The highest BCUT2D eigenvalue weighted by atomic mass is 16.2. The second-order valence-electron chi connectivity index (χ2n) is 8.48. The first-order valence-electron chi connectivity index (χ1n) is 11.8. The van der Waals surface area contributed by atoms with Crippen molar-refractivity contribution in [3.05, 3.63) is 41.2 Å². The van der Waals surface area contributed by atoms with Crippen LogP contribution in [0.15, 0.2) is 51.2 Å². The number of Topliss-reactive ketones (excluding diaryl/α,β-unsaturated/α-hetero) is 1. The number of rotatable bonds is 10. The molecule has 182 valence electrons. The average Bonchev–Trinajstić information content (AvgIpc) is 3.34. The molecular weight excluding hydrogens is 430 g/mol. The quantitative estimate of drug-likeness (QED) is 0.405. The standard InChI is InChI=1S/C25H35N7O2/c1-5-31(13-12-26)20-10-11-22(28-14-20)29-16-30-24-21(15-27-4)17(2)23(18(3)33)25(34)32(24)19-8-6-7-9-19/h10-11,14-15,19H,4-9,12-13,16,26H2,1-3H3,(H,28,29)/b21-15-,30-24+. The van der Waals surface area contributed by atoms with Crippen LogP contribution in [0.2, 0.25) is 0 Å². The van der Waals surface area contributed by atoms with Gasteiger partial charge in [0, 0.05) is 37.4 Å². The molecule has 1 amide bonds. The molecule has 2 heterocycles. The van der Waals surface area contributed by atoms with E-state index < -0.39 is 0 Å². The van der Waals surface area contributed by atoms with E-state index in [1.807, 2.05) is 18.3 Å². The summed E-state index contributed by atoms with van der Waals surface area (Å²) >= 11 is 0. The van der Waals surface area contributed by atoms with Gasteiger partial charge < -0.3 is 16.0 Å². The lowest BCUT2D eigenvalue weighted by molar-refractivity contribution is -0.127. The summed E-state index contributed by atoms with van der Waals surface area (Å²) in [5.74, 6) is 0.670. The number of amides is 1. The smallest absolute Gasteiger partial charge is 0.263 e. The molecular formula is C25H35N7O2. The van der Waals surface area contributed by atoms with E-state index in [2.05, 4.69) is 33.8 Å². The molecule has 0 bridgehead atoms. The average molecular weight is 466 g/mol. The number of aromatic nitrogens is 1. The molecule has 3 N–H and O–H groups in total. The minimum atomic E-state index is -0.279. The molecule has 1 aliphatic carbocycles. The summed E-state index contributed by atoms with van der Waals surface area (Å²) in [6.45, 7) is 11.3. The summed E-state index contributed by atoms with van der Waals surface area (Å²) in [6, 6.07) is 3.91. The van der Waals surface area contributed by atoms with E-state index in [1.165, 1.54) is 6.92 Å². The van der Waals surface area contributed by atoms with Gasteiger partial charge >= 0.3 is 0 Å². The molecule has 1 fully saturated rings. The summed E-state index contributed by atoms with van der Waals surface area (Å²) < 4.78 is 0. The number of carbonyl (C=O) groups is 2. The van der Waals surface area contributed by atoms with Gasteiger partial charge in [-0.25, -0.2) is 9.98 Å². The summed E-state index contributed by atoms with van der Waals surface area (Å²) in [7, 11) is 0. The Morgan fingerprint density at radius 3 is 2.68 bits per heavy atom. The molecule has 0 spiro atoms. The fourth-order valence-corrected chi connectivity index (χ4v) is 4.63. The Bertz CT molecular complexity index is 1000. The Kier molecular flexibility index (Phi) is 8.70. The lowest BCUT2D eigenvalue weighted by atomic mass is 9.91. The molecule has 1 aromatic heterocycles. The number of nitrogens with one attached hydrogen (secondary N) is 1. The maximum absolute atomic E-state index is 13.4. The number of pyridine rings is 1. The maximum atomic E-state index is 13.4. The lowest BCUT2D eigenvalue weighted by Gasteiger charge is -2.36. The van der Waals surface area contributed by atoms with Crippen molar-refractivity contribution in [2.24, 2.45) is 15.7 Å². The van der Waals surface area contributed by atoms with Gasteiger partial charge in [-0.1, -0.05) is 12.8 Å². The van der Waals surface area contributed by atoms with Gasteiger partial charge in [-0.05, 0) is 58.0 Å². The number of nitrogens with zero attached hydrogens (tertiary/aromatic N) is 5. The van der Waals surface area contributed by atoms with Crippen molar-refractivity contribution in [2.45, 2.75) is 52.5 Å². The zero-order chi connectivity index (χ0) is 24.7. The molecule has 0 aromatic carbocycles. The molecule has 0 unspecified atom stereocenters. The third kappa shape index (κ3) is 5.41. The van der Waals surface area contributed by atoms with Crippen LogP contribution in [-0.4, -0.2) is 66.5 Å². The minimum absolute atomic E-state index is 0.0156. The van der Waals surface area contributed by atoms with Crippen molar-refractivity contribution >= 4 is 35.7 Å². The van der Waals surface area contributed by atoms with Crippen LogP contribution >= 0.6 is 0 Å². The summed E-state index contributed by atoms with van der Waals surface area (Å²) in [4.78, 5) is 42.7. The van der Waals surface area contributed by atoms with Crippen molar-refractivity contribution in [3.63, 3.8) is 0 Å². The fourth-order valence-electron chi connectivity index (χ4n) is 4.63. The van der Waals surface area contributed by atoms with Crippen LogP contribution in [0.5, 0.6) is 0 Å². The van der Waals surface area contributed by atoms with Gasteiger partial charge in [0.05, 0.1) is 17.5 Å². The number of anilines is 2. The highest BCUT2D eigenvalue weighted by molar-refractivity contribution is 6.29. The summed E-state index contributed by atoms with van der Waals surface area (Å²) in [5.41, 5.74) is 8.13. The predicted octanol–water partition coefficient (Wildman–Crippen LogP) is 2.91. The second-order valence-corrected chi connectivity index (χ2v) is 8.48. The molecule has 1 aromatic rings. The van der Waals surface area contributed by atoms with Gasteiger partial charge in [0.2, 0.25) is 0 Å². The second kappa shape index (κ2) is 11.7. The molecule has 9 heteroatoms. The van der Waals surface area contributed by atoms with Gasteiger partial charge in [0.15, 0.2) is 5.78 Å². The van der Waals surface area contributed by atoms with E-state index in [9.17, 15) is 9.59 Å². The number of carbonyl (C=O) groups excluding carboxylic acids is 2. The molecule has 0 radical (unpaired) electrons. The van der Waals surface area contributed by atoms with Crippen LogP contribution in [0, 0.1) is 0 Å². The number of nitrogens with two attached hydrogens (primary N) is 1. The molecule has 1 saturated carbocycles. The number of hydrogen-bond donors (Lipinski definition) is 2. The Labute approximate surface area is 201 Å². The molecule has 0 atom stereocenters.